The predicted octanol–water partition coefficient (Wildman–Crippen LogP) is 5.04. The van der Waals surface area contributed by atoms with Crippen molar-refractivity contribution in [3.63, 3.8) is 0 Å². The summed E-state index contributed by atoms with van der Waals surface area (Å²) >= 11 is 0. The van der Waals surface area contributed by atoms with E-state index in [1.807, 2.05) is 62.4 Å². The van der Waals surface area contributed by atoms with E-state index in [0.717, 1.165) is 11.1 Å². The fraction of sp³-hybridized carbons (Fsp3) is 0.231. The zero-order valence-electron chi connectivity index (χ0n) is 17.9. The van der Waals surface area contributed by atoms with E-state index in [1.54, 1.807) is 24.3 Å². The molecule has 32 heavy (non-hydrogen) atoms. The molecule has 164 valence electrons. The Morgan fingerprint density at radius 3 is 2.03 bits per heavy atom. The summed E-state index contributed by atoms with van der Waals surface area (Å²) in [5, 5.41) is 12.4. The first kappa shape index (κ1) is 21.4. The van der Waals surface area contributed by atoms with Crippen molar-refractivity contribution in [2.45, 2.75) is 38.3 Å². The molecule has 1 atom stereocenters. The number of carboxylic acids is 1. The van der Waals surface area contributed by atoms with Gasteiger partial charge in [-0.1, -0.05) is 48.5 Å². The van der Waals surface area contributed by atoms with Gasteiger partial charge in [-0.2, -0.15) is 0 Å². The Kier molecular flexibility index (Phi) is 6.12. The average Bonchev–Trinajstić information content (AvgIpc) is 2.76. The van der Waals surface area contributed by atoms with Crippen molar-refractivity contribution >= 4 is 11.9 Å². The highest BCUT2D eigenvalue weighted by Crippen LogP contribution is 2.44. The van der Waals surface area contributed by atoms with Gasteiger partial charge >= 0.3 is 5.97 Å². The largest absolute Gasteiger partial charge is 0.491 e. The Morgan fingerprint density at radius 1 is 0.938 bits per heavy atom. The minimum absolute atomic E-state index is 0.0315. The van der Waals surface area contributed by atoms with Crippen LogP contribution in [0.5, 0.6) is 17.2 Å². The highest BCUT2D eigenvalue weighted by atomic mass is 16.5. The Labute approximate surface area is 186 Å². The number of hydrogen-bond donors (Lipinski definition) is 2. The Morgan fingerprint density at radius 2 is 1.50 bits per heavy atom. The normalized spacial score (nSPS) is 13.5. The molecule has 0 fully saturated rings. The molecular weight excluding hydrogens is 406 g/mol. The molecule has 3 aromatic carbocycles. The number of carbonyl (C=O) groups excluding carboxylic acids is 1. The average molecular weight is 431 g/mol. The monoisotopic (exact) mass is 431 g/mol. The van der Waals surface area contributed by atoms with Gasteiger partial charge in [0.2, 0.25) is 5.91 Å². The Hall–Kier alpha value is -3.80. The second-order valence-electron chi connectivity index (χ2n) is 8.01. The van der Waals surface area contributed by atoms with Crippen molar-refractivity contribution in [3.05, 3.63) is 89.5 Å². The number of para-hydroxylation sites is 2. The maximum Gasteiger partial charge on any atom is 0.305 e. The lowest BCUT2D eigenvalue weighted by atomic mass is 9.86. The minimum Gasteiger partial charge on any atom is -0.491 e. The highest BCUT2D eigenvalue weighted by Gasteiger charge is 2.33. The smallest absolute Gasteiger partial charge is 0.305 e. The van der Waals surface area contributed by atoms with Crippen LogP contribution in [0.4, 0.5) is 0 Å². The number of carbonyl (C=O) groups is 2. The van der Waals surface area contributed by atoms with Crippen LogP contribution in [0.1, 0.15) is 48.9 Å². The van der Waals surface area contributed by atoms with E-state index in [4.69, 9.17) is 9.47 Å². The molecule has 4 rings (SSSR count). The molecule has 0 bridgehead atoms. The third-order valence-corrected chi connectivity index (χ3v) is 5.29. The van der Waals surface area contributed by atoms with Gasteiger partial charge in [0.05, 0.1) is 24.5 Å². The van der Waals surface area contributed by atoms with E-state index < -0.39 is 17.9 Å². The van der Waals surface area contributed by atoms with Gasteiger partial charge in [0.15, 0.2) is 0 Å². The topological polar surface area (TPSA) is 84.9 Å². The van der Waals surface area contributed by atoms with Crippen molar-refractivity contribution in [1.82, 2.24) is 5.32 Å². The fourth-order valence-electron chi connectivity index (χ4n) is 3.93. The molecule has 1 amide bonds. The summed E-state index contributed by atoms with van der Waals surface area (Å²) in [5.74, 6) is 0.0626. The van der Waals surface area contributed by atoms with E-state index in [1.165, 1.54) is 0 Å². The molecule has 3 aromatic rings. The van der Waals surface area contributed by atoms with Gasteiger partial charge in [0, 0.05) is 11.1 Å². The van der Waals surface area contributed by atoms with Gasteiger partial charge in [-0.15, -0.1) is 0 Å². The van der Waals surface area contributed by atoms with Gasteiger partial charge in [-0.3, -0.25) is 9.59 Å². The summed E-state index contributed by atoms with van der Waals surface area (Å²) < 4.78 is 11.6. The molecule has 0 spiro atoms. The van der Waals surface area contributed by atoms with Crippen LogP contribution >= 0.6 is 0 Å². The fourth-order valence-corrected chi connectivity index (χ4v) is 3.93. The molecule has 0 saturated carbocycles. The third-order valence-electron chi connectivity index (χ3n) is 5.29. The molecule has 1 heterocycles. The molecule has 0 aromatic heterocycles. The summed E-state index contributed by atoms with van der Waals surface area (Å²) in [5.41, 5.74) is 2.20. The summed E-state index contributed by atoms with van der Waals surface area (Å²) in [6.07, 6.45) is -0.202. The van der Waals surface area contributed by atoms with E-state index in [9.17, 15) is 14.7 Å². The summed E-state index contributed by atoms with van der Waals surface area (Å²) in [6, 6.07) is 21.3. The molecule has 0 aliphatic carbocycles. The van der Waals surface area contributed by atoms with E-state index in [0.29, 0.717) is 22.8 Å². The maximum atomic E-state index is 13.5. The van der Waals surface area contributed by atoms with Crippen LogP contribution in [0.25, 0.3) is 0 Å². The van der Waals surface area contributed by atoms with Crippen LogP contribution < -0.4 is 14.8 Å². The molecule has 0 saturated heterocycles. The van der Waals surface area contributed by atoms with Gasteiger partial charge in [-0.05, 0) is 43.7 Å². The van der Waals surface area contributed by atoms with Crippen LogP contribution in [-0.2, 0) is 9.59 Å². The number of nitrogens with one attached hydrogen (secondary N) is 1. The van der Waals surface area contributed by atoms with Gasteiger partial charge < -0.3 is 19.9 Å². The molecule has 0 unspecified atom stereocenters. The zero-order valence-corrected chi connectivity index (χ0v) is 17.9. The number of benzene rings is 3. The molecule has 1 aliphatic heterocycles. The standard InChI is InChI=1S/C26H25NO5/c1-16(2)31-18-13-11-17(12-14-18)21(15-24(28)29)27-26(30)25-19-7-3-5-9-22(19)32-23-10-6-4-8-20(23)25/h3-14,16,21,25H,15H2,1-2H3,(H,27,30)(H,28,29)/t21-/m0/s1. The Balaban J connectivity index is 1.64. The number of hydrogen-bond acceptors (Lipinski definition) is 4. The molecule has 1 aliphatic rings. The SMILES string of the molecule is CC(C)Oc1ccc([C@H](CC(=O)O)NC(=O)C2c3ccccc3Oc3ccccc32)cc1. The van der Waals surface area contributed by atoms with Crippen molar-refractivity contribution in [3.8, 4) is 17.2 Å². The molecule has 6 nitrogen and oxygen atoms in total. The number of carboxylic acid groups (broad SMARTS) is 1. The molecular formula is C26H25NO5. The predicted molar refractivity (Wildman–Crippen MR) is 120 cm³/mol. The lowest BCUT2D eigenvalue weighted by Crippen LogP contribution is -2.35. The molecule has 0 radical (unpaired) electrons. The van der Waals surface area contributed by atoms with Crippen LogP contribution in [0.15, 0.2) is 72.8 Å². The maximum absolute atomic E-state index is 13.5. The van der Waals surface area contributed by atoms with E-state index >= 15 is 0 Å². The van der Waals surface area contributed by atoms with Crippen molar-refractivity contribution in [2.24, 2.45) is 0 Å². The van der Waals surface area contributed by atoms with Gasteiger partial charge in [0.1, 0.15) is 17.2 Å². The van der Waals surface area contributed by atoms with Crippen molar-refractivity contribution in [2.75, 3.05) is 0 Å². The number of fused-ring (bicyclic) bond motifs is 2. The zero-order chi connectivity index (χ0) is 22.7. The van der Waals surface area contributed by atoms with E-state index in [-0.39, 0.29) is 18.4 Å². The highest BCUT2D eigenvalue weighted by molar-refractivity contribution is 5.90. The second kappa shape index (κ2) is 9.14. The van der Waals surface area contributed by atoms with Crippen LogP contribution in [0.2, 0.25) is 0 Å². The first-order valence-electron chi connectivity index (χ1n) is 10.6. The van der Waals surface area contributed by atoms with Crippen LogP contribution in [0, 0.1) is 0 Å². The number of ether oxygens (including phenoxy) is 2. The number of rotatable bonds is 7. The first-order valence-corrected chi connectivity index (χ1v) is 10.6. The van der Waals surface area contributed by atoms with Gasteiger partial charge in [0.25, 0.3) is 0 Å². The van der Waals surface area contributed by atoms with Crippen LogP contribution in [0.3, 0.4) is 0 Å². The first-order chi connectivity index (χ1) is 15.4. The number of amides is 1. The lowest BCUT2D eigenvalue weighted by Gasteiger charge is -2.29. The third kappa shape index (κ3) is 4.59. The summed E-state index contributed by atoms with van der Waals surface area (Å²) in [6.45, 7) is 3.87. The lowest BCUT2D eigenvalue weighted by molar-refractivity contribution is -0.137. The molecule has 2 N–H and O–H groups in total. The summed E-state index contributed by atoms with van der Waals surface area (Å²) in [4.78, 5) is 25.1. The van der Waals surface area contributed by atoms with Crippen molar-refractivity contribution in [1.29, 1.82) is 0 Å². The van der Waals surface area contributed by atoms with Gasteiger partial charge in [-0.25, -0.2) is 0 Å². The van der Waals surface area contributed by atoms with E-state index in [2.05, 4.69) is 5.32 Å². The van der Waals surface area contributed by atoms with Crippen LogP contribution in [-0.4, -0.2) is 23.1 Å². The quantitative estimate of drug-likeness (QED) is 0.547. The van der Waals surface area contributed by atoms with Crippen molar-refractivity contribution < 1.29 is 24.2 Å². The molecule has 6 heteroatoms. The number of aliphatic carboxylic acids is 1. The second-order valence-corrected chi connectivity index (χ2v) is 8.01. The summed E-state index contributed by atoms with van der Waals surface area (Å²) in [7, 11) is 0. The Bertz CT molecular complexity index is 1080. The minimum atomic E-state index is -0.995.